The van der Waals surface area contributed by atoms with Crippen LogP contribution in [-0.2, 0) is 0 Å². The number of phenols is 1. The van der Waals surface area contributed by atoms with Gasteiger partial charge in [-0.1, -0.05) is 29.1 Å². The molecule has 0 fully saturated rings. The minimum atomic E-state index is -0.630. The van der Waals surface area contributed by atoms with Crippen molar-refractivity contribution in [1.82, 2.24) is 15.2 Å². The van der Waals surface area contributed by atoms with Crippen molar-refractivity contribution >= 4 is 16.7 Å². The zero-order valence-corrected chi connectivity index (χ0v) is 10.1. The lowest BCUT2D eigenvalue weighted by Crippen LogP contribution is -1.90. The Kier molecular flexibility index (Phi) is 3.75. The van der Waals surface area contributed by atoms with Gasteiger partial charge in [0, 0.05) is 6.07 Å². The number of hydrogen-bond acceptors (Lipinski definition) is 6. The van der Waals surface area contributed by atoms with Gasteiger partial charge in [0.25, 0.3) is 0 Å². The fourth-order valence-corrected chi connectivity index (χ4v) is 1.48. The topological polar surface area (TPSA) is 114 Å². The lowest BCUT2D eigenvalue weighted by molar-refractivity contribution is -0.385. The van der Waals surface area contributed by atoms with E-state index >= 15 is 0 Å². The molecule has 0 amide bonds. The molecule has 8 heteroatoms. The molecule has 0 atom stereocenters. The first-order valence-electron chi connectivity index (χ1n) is 5.51. The molecular weight excluding hydrogens is 264 g/mol. The van der Waals surface area contributed by atoms with Crippen LogP contribution < -0.4 is 0 Å². The smallest absolute Gasteiger partial charge is 0.310 e. The highest BCUT2D eigenvalue weighted by atomic mass is 16.6. The number of fused-ring (bicyclic) bond motifs is 1. The van der Waals surface area contributed by atoms with Gasteiger partial charge in [0.15, 0.2) is 5.75 Å². The fraction of sp³-hybridized carbons (Fsp3) is 0. The standard InChI is InChI=1S/C6H5N3O.C6H5NO3/c10-9-6-4-2-1-3-5(6)7-8-9;8-6-4-2-1-3-5(6)7(9)10/h1-4,10H;1-4,8H. The number of nitro benzene ring substituents is 1. The van der Waals surface area contributed by atoms with Gasteiger partial charge in [0.2, 0.25) is 0 Å². The molecule has 3 rings (SSSR count). The van der Waals surface area contributed by atoms with E-state index < -0.39 is 4.92 Å². The van der Waals surface area contributed by atoms with E-state index in [1.165, 1.54) is 24.3 Å². The van der Waals surface area contributed by atoms with E-state index in [-0.39, 0.29) is 11.4 Å². The van der Waals surface area contributed by atoms with Gasteiger partial charge in [0.05, 0.1) is 4.92 Å². The average Bonchev–Trinajstić information content (AvgIpc) is 2.82. The minimum absolute atomic E-state index is 0.262. The predicted molar refractivity (Wildman–Crippen MR) is 69.5 cm³/mol. The number of benzene rings is 2. The number of rotatable bonds is 1. The molecule has 0 unspecified atom stereocenters. The maximum absolute atomic E-state index is 10.1. The van der Waals surface area contributed by atoms with Crippen LogP contribution in [0, 0.1) is 10.1 Å². The number of para-hydroxylation sites is 3. The molecule has 0 aliphatic rings. The van der Waals surface area contributed by atoms with Crippen molar-refractivity contribution in [2.75, 3.05) is 0 Å². The van der Waals surface area contributed by atoms with Crippen molar-refractivity contribution in [2.24, 2.45) is 0 Å². The van der Waals surface area contributed by atoms with Crippen molar-refractivity contribution in [2.45, 2.75) is 0 Å². The highest BCUT2D eigenvalue weighted by Crippen LogP contribution is 2.23. The number of nitro groups is 1. The van der Waals surface area contributed by atoms with Gasteiger partial charge in [0.1, 0.15) is 11.0 Å². The van der Waals surface area contributed by atoms with E-state index in [4.69, 9.17) is 10.3 Å². The second-order valence-electron chi connectivity index (χ2n) is 3.71. The molecule has 2 N–H and O–H groups in total. The van der Waals surface area contributed by atoms with E-state index in [9.17, 15) is 10.1 Å². The lowest BCUT2D eigenvalue weighted by Gasteiger charge is -1.91. The third-order valence-corrected chi connectivity index (χ3v) is 2.41. The molecule has 0 saturated carbocycles. The first kappa shape index (κ1) is 13.3. The van der Waals surface area contributed by atoms with Gasteiger partial charge in [-0.2, -0.15) is 0 Å². The molecule has 2 aromatic carbocycles. The van der Waals surface area contributed by atoms with Crippen molar-refractivity contribution in [3.05, 3.63) is 58.6 Å². The molecule has 1 aromatic heterocycles. The Hall–Kier alpha value is -3.16. The van der Waals surface area contributed by atoms with Crippen molar-refractivity contribution in [3.8, 4) is 5.75 Å². The summed E-state index contributed by atoms with van der Waals surface area (Å²) in [5, 5.41) is 35.0. The van der Waals surface area contributed by atoms with Crippen LogP contribution in [0.5, 0.6) is 5.75 Å². The van der Waals surface area contributed by atoms with Gasteiger partial charge in [-0.15, -0.1) is 5.10 Å². The molecule has 102 valence electrons. The van der Waals surface area contributed by atoms with E-state index in [0.29, 0.717) is 11.0 Å². The lowest BCUT2D eigenvalue weighted by atomic mass is 10.3. The Bertz CT molecular complexity index is 741. The van der Waals surface area contributed by atoms with E-state index in [1.807, 2.05) is 12.1 Å². The zero-order valence-electron chi connectivity index (χ0n) is 10.1. The molecule has 0 spiro atoms. The molecule has 0 aliphatic heterocycles. The summed E-state index contributed by atoms with van der Waals surface area (Å²) in [5.41, 5.74) is 1.06. The highest BCUT2D eigenvalue weighted by molar-refractivity contribution is 5.73. The second kappa shape index (κ2) is 5.65. The highest BCUT2D eigenvalue weighted by Gasteiger charge is 2.09. The summed E-state index contributed by atoms with van der Waals surface area (Å²) in [6, 6.07) is 12.7. The molecule has 8 nitrogen and oxygen atoms in total. The SMILES string of the molecule is O=[N+]([O-])c1ccccc1O.On1nnc2ccccc21. The first-order chi connectivity index (χ1) is 9.59. The summed E-state index contributed by atoms with van der Waals surface area (Å²) in [6.07, 6.45) is 0. The van der Waals surface area contributed by atoms with Crippen LogP contribution in [0.25, 0.3) is 11.0 Å². The number of phenolic OH excluding ortho intramolecular Hbond substituents is 1. The Labute approximate surface area is 112 Å². The van der Waals surface area contributed by atoms with Crippen molar-refractivity contribution in [1.29, 1.82) is 0 Å². The normalized spacial score (nSPS) is 9.80. The molecular formula is C12H10N4O4. The van der Waals surface area contributed by atoms with Crippen LogP contribution in [0.15, 0.2) is 48.5 Å². The Morgan fingerprint density at radius 3 is 2.35 bits per heavy atom. The second-order valence-corrected chi connectivity index (χ2v) is 3.71. The average molecular weight is 274 g/mol. The Balaban J connectivity index is 0.000000147. The maximum atomic E-state index is 10.1. The third kappa shape index (κ3) is 2.80. The van der Waals surface area contributed by atoms with Crippen LogP contribution in [0.1, 0.15) is 0 Å². The van der Waals surface area contributed by atoms with Gasteiger partial charge < -0.3 is 10.3 Å². The van der Waals surface area contributed by atoms with E-state index in [1.54, 1.807) is 12.1 Å². The zero-order chi connectivity index (χ0) is 14.5. The predicted octanol–water partition coefficient (Wildman–Crippen LogP) is 1.97. The quantitative estimate of drug-likeness (QED) is 0.398. The largest absolute Gasteiger partial charge is 0.502 e. The summed E-state index contributed by atoms with van der Waals surface area (Å²) < 4.78 is 0. The summed E-state index contributed by atoms with van der Waals surface area (Å²) in [4.78, 5) is 10.2. The van der Waals surface area contributed by atoms with E-state index in [0.717, 1.165) is 4.85 Å². The molecule has 20 heavy (non-hydrogen) atoms. The Morgan fingerprint density at radius 1 is 1.10 bits per heavy atom. The van der Waals surface area contributed by atoms with Gasteiger partial charge in [-0.25, -0.2) is 0 Å². The number of hydrogen-bond donors (Lipinski definition) is 2. The molecule has 0 bridgehead atoms. The molecule has 1 heterocycles. The van der Waals surface area contributed by atoms with Crippen LogP contribution >= 0.6 is 0 Å². The number of aromatic nitrogens is 3. The van der Waals surface area contributed by atoms with Crippen LogP contribution in [0.2, 0.25) is 0 Å². The van der Waals surface area contributed by atoms with Crippen LogP contribution in [-0.4, -0.2) is 30.4 Å². The molecule has 3 aromatic rings. The monoisotopic (exact) mass is 274 g/mol. The number of aromatic hydroxyl groups is 1. The first-order valence-corrected chi connectivity index (χ1v) is 5.51. The van der Waals surface area contributed by atoms with Crippen molar-refractivity contribution < 1.29 is 15.2 Å². The molecule has 0 saturated heterocycles. The van der Waals surface area contributed by atoms with Gasteiger partial charge in [-0.05, 0) is 23.4 Å². The number of nitrogens with zero attached hydrogens (tertiary/aromatic N) is 4. The van der Waals surface area contributed by atoms with Crippen LogP contribution in [0.4, 0.5) is 5.69 Å². The Morgan fingerprint density at radius 2 is 1.75 bits per heavy atom. The molecule has 0 radical (unpaired) electrons. The van der Waals surface area contributed by atoms with Gasteiger partial charge >= 0.3 is 5.69 Å². The summed E-state index contributed by atoms with van der Waals surface area (Å²) in [5.74, 6) is -0.299. The molecule has 0 aliphatic carbocycles. The van der Waals surface area contributed by atoms with E-state index in [2.05, 4.69) is 10.3 Å². The maximum Gasteiger partial charge on any atom is 0.310 e. The van der Waals surface area contributed by atoms with Crippen molar-refractivity contribution in [3.63, 3.8) is 0 Å². The van der Waals surface area contributed by atoms with Gasteiger partial charge in [-0.3, -0.25) is 10.1 Å². The minimum Gasteiger partial charge on any atom is -0.502 e. The third-order valence-electron chi connectivity index (χ3n) is 2.41. The fourth-order valence-electron chi connectivity index (χ4n) is 1.48. The summed E-state index contributed by atoms with van der Waals surface area (Å²) in [6.45, 7) is 0. The summed E-state index contributed by atoms with van der Waals surface area (Å²) >= 11 is 0. The van der Waals surface area contributed by atoms with Crippen LogP contribution in [0.3, 0.4) is 0 Å². The summed E-state index contributed by atoms with van der Waals surface area (Å²) in [7, 11) is 0.